The van der Waals surface area contributed by atoms with Crippen molar-refractivity contribution >= 4 is 71.1 Å². The van der Waals surface area contributed by atoms with Gasteiger partial charge in [-0.1, -0.05) is 31.9 Å². The van der Waals surface area contributed by atoms with Crippen LogP contribution in [0.15, 0.2) is 0 Å². The minimum Gasteiger partial charge on any atom is -0.549 e. The summed E-state index contributed by atoms with van der Waals surface area (Å²) in [6.45, 7) is 2.99. The van der Waals surface area contributed by atoms with Crippen LogP contribution in [0.3, 0.4) is 0 Å². The molecule has 4 nitrogen and oxygen atoms in total. The van der Waals surface area contributed by atoms with Crippen LogP contribution in [0.2, 0.25) is 0 Å². The maximum atomic E-state index is 9.54. The van der Waals surface area contributed by atoms with Crippen molar-refractivity contribution in [1.29, 1.82) is 0 Å². The normalized spacial score (nSPS) is 12.6. The predicted octanol–water partition coefficient (Wildman–Crippen LogP) is -1.34. The zero-order valence-electron chi connectivity index (χ0n) is 7.04. The summed E-state index contributed by atoms with van der Waals surface area (Å²) in [6.07, 6.45) is 0. The molecule has 2 radical (unpaired) electrons. The van der Waals surface area contributed by atoms with Crippen molar-refractivity contribution in [3.63, 3.8) is 0 Å². The number of alkyl halides is 2. The van der Waals surface area contributed by atoms with E-state index in [0.717, 1.165) is 0 Å². The Hall–Kier alpha value is 0.822. The summed E-state index contributed by atoms with van der Waals surface area (Å²) in [5, 5.41) is 19.1. The van der Waals surface area contributed by atoms with Crippen LogP contribution in [0.5, 0.6) is 0 Å². The second-order valence-electron chi connectivity index (χ2n) is 1.87. The van der Waals surface area contributed by atoms with E-state index in [1.807, 2.05) is 0 Å². The van der Waals surface area contributed by atoms with Crippen LogP contribution < -0.4 is 10.2 Å². The number of hydrogen-bond donors (Lipinski definition) is 0. The average Bonchev–Trinajstić information content (AvgIpc) is 1.88. The van der Waals surface area contributed by atoms with Crippen molar-refractivity contribution in [3.8, 4) is 0 Å². The number of hydrogen-bond acceptors (Lipinski definition) is 4. The molecule has 0 aromatic rings. The first kappa shape index (κ1) is 19.4. The van der Waals surface area contributed by atoms with Crippen molar-refractivity contribution in [2.75, 3.05) is 0 Å². The van der Waals surface area contributed by atoms with Crippen LogP contribution in [-0.2, 0) is 9.59 Å². The van der Waals surface area contributed by atoms with Gasteiger partial charge in [0.2, 0.25) is 0 Å². The van der Waals surface area contributed by atoms with Gasteiger partial charge in [0.15, 0.2) is 0 Å². The van der Waals surface area contributed by atoms with Crippen molar-refractivity contribution in [1.82, 2.24) is 0 Å². The van der Waals surface area contributed by atoms with E-state index in [4.69, 9.17) is 0 Å². The molecule has 0 fully saturated rings. The van der Waals surface area contributed by atoms with Crippen molar-refractivity contribution in [2.24, 2.45) is 0 Å². The smallest absolute Gasteiger partial charge is 0.549 e. The van der Waals surface area contributed by atoms with E-state index in [-0.39, 0.29) is 27.3 Å². The third-order valence-corrected chi connectivity index (χ3v) is 1.40. The van der Waals surface area contributed by atoms with Crippen LogP contribution in [0.4, 0.5) is 0 Å². The molecule has 13 heavy (non-hydrogen) atoms. The molecule has 2 unspecified atom stereocenters. The zero-order chi connectivity index (χ0) is 10.3. The molecule has 0 aliphatic heterocycles. The van der Waals surface area contributed by atoms with Gasteiger partial charge in [-0.2, -0.15) is 0 Å². The average molecular weight is 511 g/mol. The van der Waals surface area contributed by atoms with Gasteiger partial charge in [-0.3, -0.25) is 0 Å². The Morgan fingerprint density at radius 3 is 1.08 bits per heavy atom. The zero-order valence-corrected chi connectivity index (χ0v) is 14.1. The van der Waals surface area contributed by atoms with Gasteiger partial charge in [-0.25, -0.2) is 0 Å². The number of carbonyl (C=O) groups is 2. The molecule has 74 valence electrons. The van der Waals surface area contributed by atoms with Gasteiger partial charge in [-0.05, 0) is 13.8 Å². The molecule has 0 spiro atoms. The molecule has 0 amide bonds. The van der Waals surface area contributed by atoms with Crippen LogP contribution in [0.1, 0.15) is 13.8 Å². The van der Waals surface area contributed by atoms with E-state index >= 15 is 0 Å². The van der Waals surface area contributed by atoms with E-state index in [1.54, 1.807) is 0 Å². The van der Waals surface area contributed by atoms with Gasteiger partial charge in [0.25, 0.3) is 0 Å². The minimum atomic E-state index is -1.07. The Kier molecular flexibility index (Phi) is 16.3. The van der Waals surface area contributed by atoms with Crippen molar-refractivity contribution in [3.05, 3.63) is 0 Å². The molecule has 7 heteroatoms. The first-order valence-electron chi connectivity index (χ1n) is 2.98. The first-order valence-corrected chi connectivity index (χ1v) is 4.82. The third-order valence-electron chi connectivity index (χ3n) is 0.650. The number of carboxylic acid groups (broad SMARTS) is 2. The Morgan fingerprint density at radius 2 is 1.08 bits per heavy atom. The summed E-state index contributed by atoms with van der Waals surface area (Å²) in [6, 6.07) is 0. The largest absolute Gasteiger partial charge is 2.00 e. The maximum absolute atomic E-state index is 9.54. The topological polar surface area (TPSA) is 80.3 Å². The van der Waals surface area contributed by atoms with Gasteiger partial charge in [0.1, 0.15) is 0 Å². The molecule has 0 saturated heterocycles. The third kappa shape index (κ3) is 19.3. The summed E-state index contributed by atoms with van der Waals surface area (Å²) in [5.41, 5.74) is 0. The van der Waals surface area contributed by atoms with E-state index in [2.05, 4.69) is 31.9 Å². The molecule has 0 aliphatic carbocycles. The molecule has 0 bridgehead atoms. The predicted molar refractivity (Wildman–Crippen MR) is 52.5 cm³/mol. The quantitative estimate of drug-likeness (QED) is 0.340. The molecule has 0 N–H and O–H groups in total. The second kappa shape index (κ2) is 10.9. The Labute approximate surface area is 113 Å². The summed E-state index contributed by atoms with van der Waals surface area (Å²) >= 11 is 5.55. The maximum Gasteiger partial charge on any atom is 2.00 e. The molecule has 0 rings (SSSR count). The SMILES string of the molecule is CC(Br)C(=O)[O-].CC(Br)C(=O)[O-].[Pb+2]. The summed E-state index contributed by atoms with van der Waals surface area (Å²) in [4.78, 5) is 18.0. The molecule has 0 heterocycles. The van der Waals surface area contributed by atoms with Crippen LogP contribution in [0.25, 0.3) is 0 Å². The fourth-order valence-corrected chi connectivity index (χ4v) is 0. The van der Waals surface area contributed by atoms with Gasteiger partial charge in [0, 0.05) is 0 Å². The van der Waals surface area contributed by atoms with Gasteiger partial charge < -0.3 is 19.8 Å². The number of carboxylic acids is 2. The number of carbonyl (C=O) groups excluding carboxylic acids is 2. The van der Waals surface area contributed by atoms with E-state index in [0.29, 0.717) is 0 Å². The van der Waals surface area contributed by atoms with Gasteiger partial charge >= 0.3 is 27.3 Å². The first-order chi connectivity index (χ1) is 5.29. The van der Waals surface area contributed by atoms with Gasteiger partial charge in [-0.15, -0.1) is 0 Å². The molecule has 0 aromatic heterocycles. The van der Waals surface area contributed by atoms with Crippen molar-refractivity contribution in [2.45, 2.75) is 23.5 Å². The fraction of sp³-hybridized carbons (Fsp3) is 0.667. The van der Waals surface area contributed by atoms with E-state index < -0.39 is 21.6 Å². The van der Waals surface area contributed by atoms with E-state index in [9.17, 15) is 19.8 Å². The Bertz CT molecular complexity index is 143. The molecule has 0 aromatic carbocycles. The Morgan fingerprint density at radius 1 is 1.00 bits per heavy atom. The molecule has 0 saturated carbocycles. The fourth-order valence-electron chi connectivity index (χ4n) is 0. The van der Waals surface area contributed by atoms with Crippen molar-refractivity contribution < 1.29 is 19.8 Å². The van der Waals surface area contributed by atoms with Gasteiger partial charge in [0.05, 0.1) is 21.6 Å². The summed E-state index contributed by atoms with van der Waals surface area (Å²) in [7, 11) is 0. The van der Waals surface area contributed by atoms with Crippen LogP contribution >= 0.6 is 31.9 Å². The monoisotopic (exact) mass is 510 g/mol. The standard InChI is InChI=1S/2C3H5BrO2.Pb/c2*1-2(4)3(5)6;/h2*2H,1H3,(H,5,6);/q;;+2/p-2. The molecule has 0 aliphatic rings. The Balaban J connectivity index is -0.000000143. The summed E-state index contributed by atoms with van der Waals surface area (Å²) in [5.74, 6) is -2.15. The molecular formula is C6H8Br2O4Pb. The van der Waals surface area contributed by atoms with Crippen LogP contribution in [-0.4, -0.2) is 48.9 Å². The minimum absolute atomic E-state index is 0. The second-order valence-corrected chi connectivity index (χ2v) is 4.62. The van der Waals surface area contributed by atoms with Crippen LogP contribution in [0, 0.1) is 0 Å². The number of aliphatic carboxylic acids is 2. The molecule has 2 atom stereocenters. The number of rotatable bonds is 2. The number of halogens is 2. The summed E-state index contributed by atoms with van der Waals surface area (Å²) < 4.78 is 0. The molecular weight excluding hydrogens is 503 g/mol. The van der Waals surface area contributed by atoms with E-state index in [1.165, 1.54) is 13.8 Å².